The van der Waals surface area contributed by atoms with Crippen LogP contribution in [0.15, 0.2) is 42.5 Å². The molecule has 0 heterocycles. The molecule has 1 aliphatic rings. The van der Waals surface area contributed by atoms with E-state index in [4.69, 9.17) is 14.9 Å². The van der Waals surface area contributed by atoms with Crippen LogP contribution in [0.5, 0.6) is 5.75 Å². The highest BCUT2D eigenvalue weighted by Gasteiger charge is 2.39. The molecular weight excluding hydrogens is 602 g/mol. The Morgan fingerprint density at radius 1 is 0.809 bits per heavy atom. The molecule has 47 heavy (non-hydrogen) atoms. The number of hydrogen-bond acceptors (Lipinski definition) is 8. The van der Waals surface area contributed by atoms with E-state index in [2.05, 4.69) is 62.7 Å². The molecule has 0 radical (unpaired) electrons. The fourth-order valence-corrected chi connectivity index (χ4v) is 6.32. The summed E-state index contributed by atoms with van der Waals surface area (Å²) in [6.07, 6.45) is 3.62. The van der Waals surface area contributed by atoms with Crippen molar-refractivity contribution in [2.45, 2.75) is 84.3 Å². The van der Waals surface area contributed by atoms with Gasteiger partial charge >= 0.3 is 0 Å². The highest BCUT2D eigenvalue weighted by molar-refractivity contribution is 6.02. The molecule has 11 nitrogen and oxygen atoms in total. The predicted molar refractivity (Wildman–Crippen MR) is 180 cm³/mol. The van der Waals surface area contributed by atoms with Gasteiger partial charge in [-0.15, -0.1) is 0 Å². The summed E-state index contributed by atoms with van der Waals surface area (Å²) in [6, 6.07) is 12.0. The number of nitrogens with one attached hydrogen (secondary N) is 3. The van der Waals surface area contributed by atoms with Gasteiger partial charge in [-0.25, -0.2) is 0 Å². The topological polar surface area (TPSA) is 177 Å². The van der Waals surface area contributed by atoms with Crippen LogP contribution in [-0.2, 0) is 10.2 Å². The number of hydrogen-bond donors (Lipinski definition) is 7. The van der Waals surface area contributed by atoms with Gasteiger partial charge in [0.15, 0.2) is 6.61 Å². The number of rotatable bonds is 15. The minimum absolute atomic E-state index is 0.0168. The lowest BCUT2D eigenvalue weighted by atomic mass is 9.60. The zero-order valence-corrected chi connectivity index (χ0v) is 28.3. The first-order valence-electron chi connectivity index (χ1n) is 16.5. The number of carbonyl (C=O) groups excluding carboxylic acids is 3. The Hall–Kier alpha value is -3.51. The third-order valence-electron chi connectivity index (χ3n) is 9.63. The van der Waals surface area contributed by atoms with Gasteiger partial charge in [-0.3, -0.25) is 14.4 Å². The van der Waals surface area contributed by atoms with Gasteiger partial charge in [-0.1, -0.05) is 46.8 Å². The molecule has 2 aromatic rings. The van der Waals surface area contributed by atoms with Crippen LogP contribution in [0.25, 0.3) is 0 Å². The molecule has 11 heteroatoms. The average Bonchev–Trinajstić information content (AvgIpc) is 3.07. The highest BCUT2D eigenvalue weighted by atomic mass is 16.5. The standard InChI is InChI=1S/C36H53N3O8/c1-6-36(5,26-9-7-25(8-10-26)35(2,3)4)27-11-13-31(14-12-27)47-22-32(44)39-28-16-23(33(45)37-18-29(42)20-40)15-24(17-28)34(46)38-19-30(43)21-41/h11-17,25-26,29-30,40-43H,6-10,18-22H2,1-5H3,(H,37,45)(H,38,46)(H,39,44). The van der Waals surface area contributed by atoms with E-state index in [1.54, 1.807) is 0 Å². The molecule has 3 atom stereocenters. The lowest BCUT2D eigenvalue weighted by molar-refractivity contribution is -0.118. The summed E-state index contributed by atoms with van der Waals surface area (Å²) in [4.78, 5) is 38.3. The molecule has 3 amide bonds. The summed E-state index contributed by atoms with van der Waals surface area (Å²) in [5.41, 5.74) is 1.83. The first-order valence-corrected chi connectivity index (χ1v) is 16.5. The van der Waals surface area contributed by atoms with Crippen LogP contribution in [0.3, 0.4) is 0 Å². The van der Waals surface area contributed by atoms with Crippen molar-refractivity contribution >= 4 is 23.4 Å². The molecule has 3 rings (SSSR count). The fraction of sp³-hybridized carbons (Fsp3) is 0.583. The van der Waals surface area contributed by atoms with Crippen LogP contribution in [0.1, 0.15) is 93.0 Å². The third kappa shape index (κ3) is 10.8. The molecule has 0 aliphatic heterocycles. The number of amides is 3. The van der Waals surface area contributed by atoms with Crippen molar-refractivity contribution in [3.8, 4) is 5.75 Å². The molecule has 0 aromatic heterocycles. The number of carbonyl (C=O) groups is 3. The summed E-state index contributed by atoms with van der Waals surface area (Å²) in [5, 5.41) is 44.8. The Bertz CT molecular complexity index is 1290. The largest absolute Gasteiger partial charge is 0.484 e. The fourth-order valence-electron chi connectivity index (χ4n) is 6.32. The highest BCUT2D eigenvalue weighted by Crippen LogP contribution is 2.48. The number of aliphatic hydroxyl groups is 4. The lowest BCUT2D eigenvalue weighted by Crippen LogP contribution is -2.36. The van der Waals surface area contributed by atoms with Gasteiger partial charge in [0.1, 0.15) is 5.75 Å². The van der Waals surface area contributed by atoms with Crippen molar-refractivity contribution in [3.63, 3.8) is 0 Å². The predicted octanol–water partition coefficient (Wildman–Crippen LogP) is 3.39. The third-order valence-corrected chi connectivity index (χ3v) is 9.63. The van der Waals surface area contributed by atoms with E-state index >= 15 is 0 Å². The second-order valence-electron chi connectivity index (χ2n) is 13.9. The van der Waals surface area contributed by atoms with Crippen molar-refractivity contribution < 1.29 is 39.5 Å². The molecule has 2 aromatic carbocycles. The van der Waals surface area contributed by atoms with E-state index in [1.807, 2.05) is 12.1 Å². The van der Waals surface area contributed by atoms with Crippen LogP contribution in [0, 0.1) is 17.3 Å². The van der Waals surface area contributed by atoms with Crippen molar-refractivity contribution in [1.82, 2.24) is 10.6 Å². The second-order valence-corrected chi connectivity index (χ2v) is 13.9. The Morgan fingerprint density at radius 3 is 1.74 bits per heavy atom. The molecule has 1 aliphatic carbocycles. The van der Waals surface area contributed by atoms with Gasteiger partial charge in [-0.2, -0.15) is 0 Å². The molecular formula is C36H53N3O8. The van der Waals surface area contributed by atoms with Crippen molar-refractivity contribution in [1.29, 1.82) is 0 Å². The summed E-state index contributed by atoms with van der Waals surface area (Å²) in [7, 11) is 0. The summed E-state index contributed by atoms with van der Waals surface area (Å²) in [5.74, 6) is 0.0941. The quantitative estimate of drug-likeness (QED) is 0.153. The van der Waals surface area contributed by atoms with Crippen molar-refractivity contribution in [2.24, 2.45) is 17.3 Å². The Balaban J connectivity index is 1.66. The van der Waals surface area contributed by atoms with Gasteiger partial charge in [0.05, 0.1) is 25.4 Å². The molecule has 3 unspecified atom stereocenters. The first kappa shape index (κ1) is 37.9. The number of benzene rings is 2. The second kappa shape index (κ2) is 17.1. The van der Waals surface area contributed by atoms with Gasteiger partial charge in [0, 0.05) is 29.9 Å². The number of anilines is 1. The Morgan fingerprint density at radius 2 is 1.30 bits per heavy atom. The smallest absolute Gasteiger partial charge is 0.262 e. The maximum absolute atomic E-state index is 12.9. The van der Waals surface area contributed by atoms with E-state index in [9.17, 15) is 24.6 Å². The first-order chi connectivity index (χ1) is 22.2. The maximum Gasteiger partial charge on any atom is 0.262 e. The van der Waals surface area contributed by atoms with E-state index in [0.717, 1.165) is 12.3 Å². The Kier molecular flexibility index (Phi) is 13.8. The minimum Gasteiger partial charge on any atom is -0.484 e. The molecule has 1 saturated carbocycles. The molecule has 0 saturated heterocycles. The van der Waals surface area contributed by atoms with E-state index in [1.165, 1.54) is 49.4 Å². The molecule has 260 valence electrons. The van der Waals surface area contributed by atoms with Gasteiger partial charge in [0.25, 0.3) is 17.7 Å². The zero-order valence-electron chi connectivity index (χ0n) is 28.3. The Labute approximate surface area is 278 Å². The SMILES string of the molecule is CCC(C)(c1ccc(OCC(=O)Nc2cc(C(=O)NCC(O)CO)cc(C(=O)NCC(O)CO)c2)cc1)C1CCC(C(C)(C)C)CC1. The lowest BCUT2D eigenvalue weighted by Gasteiger charge is -2.44. The van der Waals surface area contributed by atoms with Gasteiger partial charge < -0.3 is 41.1 Å². The molecule has 7 N–H and O–H groups in total. The summed E-state index contributed by atoms with van der Waals surface area (Å²) < 4.78 is 5.77. The zero-order chi connectivity index (χ0) is 34.8. The number of ether oxygens (including phenoxy) is 1. The molecule has 1 fully saturated rings. The summed E-state index contributed by atoms with van der Waals surface area (Å²) >= 11 is 0. The van der Waals surface area contributed by atoms with E-state index in [-0.39, 0.29) is 41.9 Å². The average molecular weight is 656 g/mol. The van der Waals surface area contributed by atoms with Gasteiger partial charge in [0.2, 0.25) is 0 Å². The van der Waals surface area contributed by atoms with E-state index < -0.39 is 43.1 Å². The monoisotopic (exact) mass is 655 g/mol. The number of aliphatic hydroxyl groups excluding tert-OH is 4. The van der Waals surface area contributed by atoms with Crippen LogP contribution in [0.4, 0.5) is 5.69 Å². The molecule has 0 spiro atoms. The van der Waals surface area contributed by atoms with Crippen LogP contribution in [-0.4, -0.2) is 83.3 Å². The van der Waals surface area contributed by atoms with Gasteiger partial charge in [-0.05, 0) is 90.7 Å². The van der Waals surface area contributed by atoms with E-state index in [0.29, 0.717) is 17.1 Å². The van der Waals surface area contributed by atoms with Crippen LogP contribution >= 0.6 is 0 Å². The minimum atomic E-state index is -1.17. The maximum atomic E-state index is 12.9. The van der Waals surface area contributed by atoms with Crippen LogP contribution in [0.2, 0.25) is 0 Å². The van der Waals surface area contributed by atoms with Crippen molar-refractivity contribution in [2.75, 3.05) is 38.2 Å². The molecule has 0 bridgehead atoms. The van der Waals surface area contributed by atoms with Crippen molar-refractivity contribution in [3.05, 3.63) is 59.2 Å². The summed E-state index contributed by atoms with van der Waals surface area (Å²) in [6.45, 7) is 9.76. The normalized spacial score (nSPS) is 19.2. The van der Waals surface area contributed by atoms with Crippen LogP contribution < -0.4 is 20.7 Å².